The van der Waals surface area contributed by atoms with Gasteiger partial charge in [-0.25, -0.2) is 9.78 Å². The van der Waals surface area contributed by atoms with Crippen molar-refractivity contribution in [2.24, 2.45) is 0 Å². The summed E-state index contributed by atoms with van der Waals surface area (Å²) in [6.07, 6.45) is 2.89. The maximum atomic E-state index is 11.2. The molecule has 0 radical (unpaired) electrons. The molecule has 0 fully saturated rings. The standard InChI is InChI=1S/C12H11N3O2/c1-17-12(16)11-7-14-10(6-15-11)8-3-2-4-9(13)5-8/h2-7H,13H2,1H3. The Morgan fingerprint density at radius 3 is 2.71 bits per heavy atom. The summed E-state index contributed by atoms with van der Waals surface area (Å²) in [7, 11) is 1.30. The number of carbonyl (C=O) groups excluding carboxylic acids is 1. The lowest BCUT2D eigenvalue weighted by Crippen LogP contribution is -2.04. The molecule has 5 heteroatoms. The summed E-state index contributed by atoms with van der Waals surface area (Å²) in [5, 5.41) is 0. The zero-order valence-electron chi connectivity index (χ0n) is 9.25. The highest BCUT2D eigenvalue weighted by Crippen LogP contribution is 2.18. The zero-order chi connectivity index (χ0) is 12.3. The van der Waals surface area contributed by atoms with Crippen molar-refractivity contribution in [3.05, 3.63) is 42.4 Å². The van der Waals surface area contributed by atoms with Gasteiger partial charge in [0.1, 0.15) is 0 Å². The van der Waals surface area contributed by atoms with Crippen LogP contribution in [0.4, 0.5) is 5.69 Å². The molecule has 0 aliphatic rings. The molecule has 5 nitrogen and oxygen atoms in total. The van der Waals surface area contributed by atoms with E-state index in [9.17, 15) is 4.79 Å². The van der Waals surface area contributed by atoms with E-state index in [1.54, 1.807) is 12.1 Å². The van der Waals surface area contributed by atoms with Gasteiger partial charge in [-0.15, -0.1) is 0 Å². The summed E-state index contributed by atoms with van der Waals surface area (Å²) in [6, 6.07) is 7.29. The number of benzene rings is 1. The van der Waals surface area contributed by atoms with Gasteiger partial charge in [0.25, 0.3) is 0 Å². The third-order valence-corrected chi connectivity index (χ3v) is 2.23. The van der Waals surface area contributed by atoms with Gasteiger partial charge in [-0.05, 0) is 12.1 Å². The summed E-state index contributed by atoms with van der Waals surface area (Å²) in [5.74, 6) is -0.503. The first kappa shape index (κ1) is 11.1. The minimum Gasteiger partial charge on any atom is -0.464 e. The van der Waals surface area contributed by atoms with Crippen molar-refractivity contribution in [1.82, 2.24) is 9.97 Å². The number of nitrogens with two attached hydrogens (primary N) is 1. The molecule has 0 atom stereocenters. The SMILES string of the molecule is COC(=O)c1cnc(-c2cccc(N)c2)cn1. The first-order chi connectivity index (χ1) is 8.20. The van der Waals surface area contributed by atoms with Crippen LogP contribution in [-0.4, -0.2) is 23.0 Å². The van der Waals surface area contributed by atoms with Crippen molar-refractivity contribution >= 4 is 11.7 Å². The molecule has 0 amide bonds. The number of aromatic nitrogens is 2. The smallest absolute Gasteiger partial charge is 0.358 e. The summed E-state index contributed by atoms with van der Waals surface area (Å²) < 4.78 is 4.54. The number of hydrogen-bond donors (Lipinski definition) is 1. The number of carbonyl (C=O) groups is 1. The molecular formula is C12H11N3O2. The fourth-order valence-corrected chi connectivity index (χ4v) is 1.39. The topological polar surface area (TPSA) is 78.1 Å². The molecule has 2 rings (SSSR count). The van der Waals surface area contributed by atoms with Crippen molar-refractivity contribution < 1.29 is 9.53 Å². The van der Waals surface area contributed by atoms with E-state index in [1.165, 1.54) is 19.5 Å². The maximum absolute atomic E-state index is 11.2. The Morgan fingerprint density at radius 2 is 2.12 bits per heavy atom. The summed E-state index contributed by atoms with van der Waals surface area (Å²) >= 11 is 0. The van der Waals surface area contributed by atoms with Gasteiger partial charge in [0.15, 0.2) is 5.69 Å². The molecule has 17 heavy (non-hydrogen) atoms. The first-order valence-electron chi connectivity index (χ1n) is 4.97. The van der Waals surface area contributed by atoms with Crippen LogP contribution in [0.5, 0.6) is 0 Å². The molecule has 0 bridgehead atoms. The van der Waals surface area contributed by atoms with Crippen LogP contribution in [0.15, 0.2) is 36.7 Å². The largest absolute Gasteiger partial charge is 0.464 e. The summed E-state index contributed by atoms with van der Waals surface area (Å²) in [6.45, 7) is 0. The van der Waals surface area contributed by atoms with E-state index >= 15 is 0 Å². The lowest BCUT2D eigenvalue weighted by atomic mass is 10.1. The Kier molecular flexibility index (Phi) is 3.00. The minimum absolute atomic E-state index is 0.181. The number of nitrogens with zero attached hydrogens (tertiary/aromatic N) is 2. The molecular weight excluding hydrogens is 218 g/mol. The van der Waals surface area contributed by atoms with E-state index < -0.39 is 5.97 Å². The molecule has 1 aromatic carbocycles. The highest BCUT2D eigenvalue weighted by atomic mass is 16.5. The van der Waals surface area contributed by atoms with Crippen LogP contribution in [0.3, 0.4) is 0 Å². The van der Waals surface area contributed by atoms with Crippen LogP contribution in [0, 0.1) is 0 Å². The molecule has 1 aromatic heterocycles. The quantitative estimate of drug-likeness (QED) is 0.623. The number of ether oxygens (including phenoxy) is 1. The van der Waals surface area contributed by atoms with E-state index in [0.29, 0.717) is 11.4 Å². The highest BCUT2D eigenvalue weighted by molar-refractivity contribution is 5.86. The molecule has 2 N–H and O–H groups in total. The van der Waals surface area contributed by atoms with Crippen LogP contribution in [0.25, 0.3) is 11.3 Å². The van der Waals surface area contributed by atoms with Gasteiger partial charge >= 0.3 is 5.97 Å². The van der Waals surface area contributed by atoms with E-state index in [-0.39, 0.29) is 5.69 Å². The third kappa shape index (κ3) is 2.39. The van der Waals surface area contributed by atoms with Gasteiger partial charge in [0, 0.05) is 11.3 Å². The number of rotatable bonds is 2. The van der Waals surface area contributed by atoms with E-state index in [1.807, 2.05) is 12.1 Å². The fraction of sp³-hybridized carbons (Fsp3) is 0.0833. The van der Waals surface area contributed by atoms with Gasteiger partial charge < -0.3 is 10.5 Å². The number of hydrogen-bond acceptors (Lipinski definition) is 5. The van der Waals surface area contributed by atoms with Gasteiger partial charge in [-0.1, -0.05) is 12.1 Å². The Morgan fingerprint density at radius 1 is 1.29 bits per heavy atom. The van der Waals surface area contributed by atoms with Crippen LogP contribution >= 0.6 is 0 Å². The molecule has 0 saturated carbocycles. The monoisotopic (exact) mass is 229 g/mol. The van der Waals surface area contributed by atoms with Gasteiger partial charge in [0.2, 0.25) is 0 Å². The second-order valence-corrected chi connectivity index (χ2v) is 3.40. The van der Waals surface area contributed by atoms with Gasteiger partial charge in [0.05, 0.1) is 25.2 Å². The van der Waals surface area contributed by atoms with E-state index in [2.05, 4.69) is 14.7 Å². The maximum Gasteiger partial charge on any atom is 0.358 e. The van der Waals surface area contributed by atoms with Crippen LogP contribution in [-0.2, 0) is 4.74 Å². The van der Waals surface area contributed by atoms with Crippen molar-refractivity contribution in [1.29, 1.82) is 0 Å². The summed E-state index contributed by atoms with van der Waals surface area (Å²) in [4.78, 5) is 19.3. The van der Waals surface area contributed by atoms with Crippen molar-refractivity contribution in [2.75, 3.05) is 12.8 Å². The van der Waals surface area contributed by atoms with E-state index in [4.69, 9.17) is 5.73 Å². The number of methoxy groups -OCH3 is 1. The molecule has 0 aliphatic carbocycles. The number of esters is 1. The molecule has 1 heterocycles. The normalized spacial score (nSPS) is 9.94. The van der Waals surface area contributed by atoms with Crippen LogP contribution in [0.2, 0.25) is 0 Å². The molecule has 0 spiro atoms. The Balaban J connectivity index is 2.32. The van der Waals surface area contributed by atoms with E-state index in [0.717, 1.165) is 5.56 Å². The van der Waals surface area contributed by atoms with Gasteiger partial charge in [-0.2, -0.15) is 0 Å². The van der Waals surface area contributed by atoms with Crippen molar-refractivity contribution in [3.8, 4) is 11.3 Å². The van der Waals surface area contributed by atoms with Crippen LogP contribution in [0.1, 0.15) is 10.5 Å². The molecule has 0 aliphatic heterocycles. The highest BCUT2D eigenvalue weighted by Gasteiger charge is 2.08. The van der Waals surface area contributed by atoms with Crippen molar-refractivity contribution in [2.45, 2.75) is 0 Å². The Bertz CT molecular complexity index is 538. The minimum atomic E-state index is -0.503. The molecule has 86 valence electrons. The average Bonchev–Trinajstić information content (AvgIpc) is 2.38. The second kappa shape index (κ2) is 4.61. The second-order valence-electron chi connectivity index (χ2n) is 3.40. The number of anilines is 1. The fourth-order valence-electron chi connectivity index (χ4n) is 1.39. The third-order valence-electron chi connectivity index (χ3n) is 2.23. The lowest BCUT2D eigenvalue weighted by molar-refractivity contribution is 0.0593. The molecule has 2 aromatic rings. The van der Waals surface area contributed by atoms with Crippen LogP contribution < -0.4 is 5.73 Å². The molecule has 0 saturated heterocycles. The Hall–Kier alpha value is -2.43. The summed E-state index contributed by atoms with van der Waals surface area (Å²) in [5.41, 5.74) is 8.02. The lowest BCUT2D eigenvalue weighted by Gasteiger charge is -2.02. The van der Waals surface area contributed by atoms with Crippen molar-refractivity contribution in [3.63, 3.8) is 0 Å². The predicted octanol–water partition coefficient (Wildman–Crippen LogP) is 1.51. The predicted molar refractivity (Wildman–Crippen MR) is 63.2 cm³/mol. The average molecular weight is 229 g/mol. The molecule has 0 unspecified atom stereocenters. The first-order valence-corrected chi connectivity index (χ1v) is 4.97. The Labute approximate surface area is 98.3 Å². The van der Waals surface area contributed by atoms with Gasteiger partial charge in [-0.3, -0.25) is 4.98 Å². The zero-order valence-corrected chi connectivity index (χ0v) is 9.25. The number of nitrogen functional groups attached to an aromatic ring is 1.